The van der Waals surface area contributed by atoms with Gasteiger partial charge in [0.1, 0.15) is 5.65 Å². The minimum Gasteiger partial charge on any atom is -0.319 e. The number of aromatic nitrogens is 2. The lowest BCUT2D eigenvalue weighted by Gasteiger charge is -2.07. The van der Waals surface area contributed by atoms with Gasteiger partial charge in [0.05, 0.1) is 11.3 Å². The van der Waals surface area contributed by atoms with E-state index in [1.54, 1.807) is 22.9 Å². The molecule has 0 radical (unpaired) electrons. The molecule has 1 amide bonds. The Labute approximate surface area is 116 Å². The molecule has 0 bridgehead atoms. The van der Waals surface area contributed by atoms with Gasteiger partial charge in [0, 0.05) is 18.6 Å². The monoisotopic (exact) mass is 291 g/mol. The number of carbonyl (C=O) groups excluding carboxylic acids is 1. The summed E-state index contributed by atoms with van der Waals surface area (Å²) in [7, 11) is 0. The molecule has 2 heterocycles. The molecule has 7 heteroatoms. The molecule has 0 atom stereocenters. The Balaban J connectivity index is 1.91. The second-order valence-corrected chi connectivity index (χ2v) is 4.29. The first-order valence-corrected chi connectivity index (χ1v) is 5.94. The minimum atomic E-state index is -1.63. The number of rotatable bonds is 2. The molecule has 0 fully saturated rings. The van der Waals surface area contributed by atoms with Crippen LogP contribution < -0.4 is 5.32 Å². The van der Waals surface area contributed by atoms with Crippen LogP contribution in [0.3, 0.4) is 0 Å². The molecular weight excluding hydrogens is 283 g/mol. The third kappa shape index (κ3) is 2.33. The number of halogens is 3. The van der Waals surface area contributed by atoms with E-state index in [-0.39, 0.29) is 5.56 Å². The molecule has 2 aromatic heterocycles. The Hall–Kier alpha value is -2.83. The van der Waals surface area contributed by atoms with Gasteiger partial charge in [-0.2, -0.15) is 0 Å². The molecule has 0 unspecified atom stereocenters. The van der Waals surface area contributed by atoms with Crippen molar-refractivity contribution >= 4 is 17.2 Å². The van der Waals surface area contributed by atoms with Crippen molar-refractivity contribution in [3.05, 3.63) is 65.9 Å². The fourth-order valence-electron chi connectivity index (χ4n) is 1.87. The summed E-state index contributed by atoms with van der Waals surface area (Å²) < 4.78 is 41.0. The Morgan fingerprint density at radius 2 is 1.90 bits per heavy atom. The molecular formula is C14H8F3N3O. The van der Waals surface area contributed by atoms with E-state index in [0.29, 0.717) is 5.65 Å². The van der Waals surface area contributed by atoms with Gasteiger partial charge in [-0.1, -0.05) is 0 Å². The van der Waals surface area contributed by atoms with Crippen LogP contribution in [0.1, 0.15) is 10.4 Å². The predicted molar refractivity (Wildman–Crippen MR) is 69.5 cm³/mol. The lowest BCUT2D eigenvalue weighted by molar-refractivity contribution is 0.102. The summed E-state index contributed by atoms with van der Waals surface area (Å²) in [6.07, 6.45) is 4.70. The smallest absolute Gasteiger partial charge is 0.257 e. The molecule has 0 aliphatic carbocycles. The van der Waals surface area contributed by atoms with Gasteiger partial charge in [-0.15, -0.1) is 0 Å². The summed E-state index contributed by atoms with van der Waals surface area (Å²) in [5.41, 5.74) is 0.444. The Morgan fingerprint density at radius 1 is 1.10 bits per heavy atom. The highest BCUT2D eigenvalue weighted by Crippen LogP contribution is 2.20. The normalized spacial score (nSPS) is 10.8. The average molecular weight is 291 g/mol. The molecule has 0 saturated heterocycles. The third-order valence-corrected chi connectivity index (χ3v) is 2.93. The number of nitrogens with one attached hydrogen (secondary N) is 1. The van der Waals surface area contributed by atoms with Crippen LogP contribution in [0, 0.1) is 17.5 Å². The predicted octanol–water partition coefficient (Wildman–Crippen LogP) is 3.00. The average Bonchev–Trinajstić information content (AvgIpc) is 2.95. The molecule has 0 aliphatic rings. The van der Waals surface area contributed by atoms with Crippen LogP contribution in [0.5, 0.6) is 0 Å². The van der Waals surface area contributed by atoms with E-state index in [4.69, 9.17) is 0 Å². The van der Waals surface area contributed by atoms with Crippen molar-refractivity contribution in [1.29, 1.82) is 0 Å². The van der Waals surface area contributed by atoms with Crippen molar-refractivity contribution in [3.63, 3.8) is 0 Å². The molecule has 0 spiro atoms. The number of anilines is 1. The summed E-state index contributed by atoms with van der Waals surface area (Å²) in [6.45, 7) is 0. The first kappa shape index (κ1) is 13.2. The van der Waals surface area contributed by atoms with Gasteiger partial charge < -0.3 is 9.72 Å². The number of hydrogen-bond donors (Lipinski definition) is 1. The second-order valence-electron chi connectivity index (χ2n) is 4.29. The Morgan fingerprint density at radius 3 is 2.71 bits per heavy atom. The van der Waals surface area contributed by atoms with Gasteiger partial charge >= 0.3 is 0 Å². The summed E-state index contributed by atoms with van der Waals surface area (Å²) in [5.74, 6) is -5.02. The lowest BCUT2D eigenvalue weighted by atomic mass is 10.2. The molecule has 1 aromatic carbocycles. The highest BCUT2D eigenvalue weighted by Gasteiger charge is 2.16. The van der Waals surface area contributed by atoms with E-state index in [9.17, 15) is 18.0 Å². The molecule has 1 N–H and O–H groups in total. The molecule has 4 nitrogen and oxygen atoms in total. The number of pyridine rings is 1. The van der Waals surface area contributed by atoms with Gasteiger partial charge in [-0.3, -0.25) is 4.79 Å². The van der Waals surface area contributed by atoms with Crippen molar-refractivity contribution in [2.45, 2.75) is 0 Å². The maximum atomic E-state index is 13.5. The van der Waals surface area contributed by atoms with E-state index < -0.39 is 29.0 Å². The topological polar surface area (TPSA) is 46.4 Å². The van der Waals surface area contributed by atoms with E-state index in [2.05, 4.69) is 10.3 Å². The highest BCUT2D eigenvalue weighted by molar-refractivity contribution is 6.04. The standard InChI is InChI=1S/C14H8F3N3O/c15-9-2-3-10(13(17)12(9)16)19-14(21)8-1-4-11-18-5-6-20(11)7-8/h1-7H,(H,19,21). The maximum Gasteiger partial charge on any atom is 0.257 e. The van der Waals surface area contributed by atoms with Crippen LogP contribution in [-0.4, -0.2) is 15.3 Å². The SMILES string of the molecule is O=C(Nc1ccc(F)c(F)c1F)c1ccc2nccn2c1. The molecule has 3 rings (SSSR count). The van der Waals surface area contributed by atoms with Crippen molar-refractivity contribution in [2.75, 3.05) is 5.32 Å². The summed E-state index contributed by atoms with van der Waals surface area (Å²) in [4.78, 5) is 16.0. The molecule has 0 saturated carbocycles. The number of imidazole rings is 1. The highest BCUT2D eigenvalue weighted by atomic mass is 19.2. The molecule has 3 aromatic rings. The number of amides is 1. The Kier molecular flexibility index (Phi) is 3.09. The maximum absolute atomic E-state index is 13.5. The van der Waals surface area contributed by atoms with Gasteiger partial charge in [-0.05, 0) is 24.3 Å². The third-order valence-electron chi connectivity index (χ3n) is 2.93. The molecule has 106 valence electrons. The number of benzene rings is 1. The fourth-order valence-corrected chi connectivity index (χ4v) is 1.87. The van der Waals surface area contributed by atoms with Crippen LogP contribution in [0.4, 0.5) is 18.9 Å². The van der Waals surface area contributed by atoms with Crippen LogP contribution >= 0.6 is 0 Å². The fraction of sp³-hybridized carbons (Fsp3) is 0. The van der Waals surface area contributed by atoms with Gasteiger partial charge in [0.25, 0.3) is 5.91 Å². The molecule has 0 aliphatic heterocycles. The van der Waals surface area contributed by atoms with E-state index in [1.165, 1.54) is 12.3 Å². The van der Waals surface area contributed by atoms with Crippen molar-refractivity contribution < 1.29 is 18.0 Å². The van der Waals surface area contributed by atoms with Crippen LogP contribution in [0.2, 0.25) is 0 Å². The minimum absolute atomic E-state index is 0.227. The van der Waals surface area contributed by atoms with E-state index >= 15 is 0 Å². The van der Waals surface area contributed by atoms with E-state index in [0.717, 1.165) is 12.1 Å². The zero-order valence-corrected chi connectivity index (χ0v) is 10.5. The number of fused-ring (bicyclic) bond motifs is 1. The van der Waals surface area contributed by atoms with E-state index in [1.807, 2.05) is 0 Å². The number of hydrogen-bond acceptors (Lipinski definition) is 2. The van der Waals surface area contributed by atoms with Crippen molar-refractivity contribution in [1.82, 2.24) is 9.38 Å². The summed E-state index contributed by atoms with van der Waals surface area (Å²) in [6, 6.07) is 4.81. The zero-order valence-electron chi connectivity index (χ0n) is 10.5. The van der Waals surface area contributed by atoms with Crippen LogP contribution in [0.25, 0.3) is 5.65 Å². The number of carbonyl (C=O) groups is 1. The first-order chi connectivity index (χ1) is 10.1. The van der Waals surface area contributed by atoms with Gasteiger partial charge in [0.2, 0.25) is 0 Å². The van der Waals surface area contributed by atoms with Crippen LogP contribution in [-0.2, 0) is 0 Å². The molecule has 21 heavy (non-hydrogen) atoms. The van der Waals surface area contributed by atoms with Crippen molar-refractivity contribution in [3.8, 4) is 0 Å². The summed E-state index contributed by atoms with van der Waals surface area (Å²) in [5, 5.41) is 2.20. The zero-order chi connectivity index (χ0) is 15.0. The first-order valence-electron chi connectivity index (χ1n) is 5.94. The number of nitrogens with zero attached hydrogens (tertiary/aromatic N) is 2. The van der Waals surface area contributed by atoms with Gasteiger partial charge in [-0.25, -0.2) is 18.2 Å². The second kappa shape index (κ2) is 4.93. The van der Waals surface area contributed by atoms with Crippen molar-refractivity contribution in [2.24, 2.45) is 0 Å². The van der Waals surface area contributed by atoms with Crippen LogP contribution in [0.15, 0.2) is 42.9 Å². The lowest BCUT2D eigenvalue weighted by Crippen LogP contribution is -2.14. The largest absolute Gasteiger partial charge is 0.319 e. The quantitative estimate of drug-likeness (QED) is 0.738. The summed E-state index contributed by atoms with van der Waals surface area (Å²) >= 11 is 0. The van der Waals surface area contributed by atoms with Gasteiger partial charge in [0.15, 0.2) is 17.5 Å². The Bertz CT molecular complexity index is 845.